The summed E-state index contributed by atoms with van der Waals surface area (Å²) >= 11 is 0. The molecule has 1 fully saturated rings. The lowest BCUT2D eigenvalue weighted by Crippen LogP contribution is -2.27. The Kier molecular flexibility index (Phi) is 2.51. The molecule has 2 N–H and O–H groups in total. The second-order valence-electron chi connectivity index (χ2n) is 3.34. The van der Waals surface area contributed by atoms with Crippen LogP contribution in [0.5, 0.6) is 0 Å². The summed E-state index contributed by atoms with van der Waals surface area (Å²) in [6.45, 7) is 2.57. The highest BCUT2D eigenvalue weighted by Crippen LogP contribution is 2.19. The third kappa shape index (κ3) is 1.89. The number of hydrogen-bond acceptors (Lipinski definition) is 5. The van der Waals surface area contributed by atoms with Gasteiger partial charge in [-0.15, -0.1) is 0 Å². The SMILES string of the molecule is Cc1ncc(N2CC(CN)OC2=O)cn1. The third-order valence-corrected chi connectivity index (χ3v) is 2.22. The van der Waals surface area contributed by atoms with Crippen molar-refractivity contribution in [2.24, 2.45) is 5.73 Å². The molecule has 1 aliphatic rings. The second-order valence-corrected chi connectivity index (χ2v) is 3.34. The molecular formula is C9H12N4O2. The highest BCUT2D eigenvalue weighted by Gasteiger charge is 2.31. The fourth-order valence-corrected chi connectivity index (χ4v) is 1.38. The summed E-state index contributed by atoms with van der Waals surface area (Å²) in [4.78, 5) is 20.9. The van der Waals surface area contributed by atoms with E-state index in [1.165, 1.54) is 4.90 Å². The first-order chi connectivity index (χ1) is 7.20. The van der Waals surface area contributed by atoms with E-state index in [1.807, 2.05) is 0 Å². The summed E-state index contributed by atoms with van der Waals surface area (Å²) in [6, 6.07) is 0. The minimum absolute atomic E-state index is 0.237. The van der Waals surface area contributed by atoms with Gasteiger partial charge in [-0.3, -0.25) is 4.90 Å². The number of anilines is 1. The molecule has 1 saturated heterocycles. The molecule has 1 aromatic heterocycles. The van der Waals surface area contributed by atoms with Gasteiger partial charge in [0.05, 0.1) is 24.6 Å². The summed E-state index contributed by atoms with van der Waals surface area (Å²) in [5, 5.41) is 0. The molecule has 1 amide bonds. The van der Waals surface area contributed by atoms with Gasteiger partial charge in [-0.25, -0.2) is 14.8 Å². The highest BCUT2D eigenvalue weighted by molar-refractivity contribution is 5.89. The zero-order chi connectivity index (χ0) is 10.8. The molecule has 1 aliphatic heterocycles. The van der Waals surface area contributed by atoms with Crippen LogP contribution in [0.3, 0.4) is 0 Å². The van der Waals surface area contributed by atoms with Crippen LogP contribution >= 0.6 is 0 Å². The number of carbonyl (C=O) groups excluding carboxylic acids is 1. The van der Waals surface area contributed by atoms with Gasteiger partial charge in [0, 0.05) is 6.54 Å². The van der Waals surface area contributed by atoms with E-state index in [1.54, 1.807) is 19.3 Å². The fourth-order valence-electron chi connectivity index (χ4n) is 1.38. The quantitative estimate of drug-likeness (QED) is 0.743. The molecule has 0 aromatic carbocycles. The van der Waals surface area contributed by atoms with Crippen molar-refractivity contribution in [3.63, 3.8) is 0 Å². The molecule has 0 saturated carbocycles. The van der Waals surface area contributed by atoms with Crippen LogP contribution in [0.15, 0.2) is 12.4 Å². The van der Waals surface area contributed by atoms with Crippen LogP contribution in [0.4, 0.5) is 10.5 Å². The van der Waals surface area contributed by atoms with Crippen molar-refractivity contribution in [1.82, 2.24) is 9.97 Å². The monoisotopic (exact) mass is 208 g/mol. The number of aryl methyl sites for hydroxylation is 1. The van der Waals surface area contributed by atoms with E-state index >= 15 is 0 Å². The number of nitrogens with two attached hydrogens (primary N) is 1. The summed E-state index contributed by atoms with van der Waals surface area (Å²) in [5.41, 5.74) is 6.07. The lowest BCUT2D eigenvalue weighted by molar-refractivity contribution is 0.145. The van der Waals surface area contributed by atoms with E-state index in [9.17, 15) is 4.79 Å². The van der Waals surface area contributed by atoms with E-state index < -0.39 is 6.09 Å². The zero-order valence-electron chi connectivity index (χ0n) is 8.38. The summed E-state index contributed by atoms with van der Waals surface area (Å²) in [7, 11) is 0. The molecule has 2 rings (SSSR count). The van der Waals surface area contributed by atoms with Crippen LogP contribution in [0, 0.1) is 6.92 Å². The molecule has 2 heterocycles. The Morgan fingerprint density at radius 2 is 2.27 bits per heavy atom. The molecule has 15 heavy (non-hydrogen) atoms. The molecule has 6 heteroatoms. The molecule has 0 aliphatic carbocycles. The van der Waals surface area contributed by atoms with Crippen LogP contribution < -0.4 is 10.6 Å². The van der Waals surface area contributed by atoms with Crippen molar-refractivity contribution in [2.75, 3.05) is 18.0 Å². The van der Waals surface area contributed by atoms with Crippen molar-refractivity contribution in [3.8, 4) is 0 Å². The van der Waals surface area contributed by atoms with Gasteiger partial charge in [0.1, 0.15) is 11.9 Å². The Morgan fingerprint density at radius 1 is 1.60 bits per heavy atom. The first-order valence-electron chi connectivity index (χ1n) is 4.67. The van der Waals surface area contributed by atoms with Crippen LogP contribution in [-0.2, 0) is 4.74 Å². The van der Waals surface area contributed by atoms with Gasteiger partial charge in [0.25, 0.3) is 0 Å². The zero-order valence-corrected chi connectivity index (χ0v) is 8.38. The lowest BCUT2D eigenvalue weighted by Gasteiger charge is -2.11. The Hall–Kier alpha value is -1.69. The van der Waals surface area contributed by atoms with E-state index in [-0.39, 0.29) is 6.10 Å². The fraction of sp³-hybridized carbons (Fsp3) is 0.444. The van der Waals surface area contributed by atoms with Crippen LogP contribution in [0.1, 0.15) is 5.82 Å². The smallest absolute Gasteiger partial charge is 0.414 e. The number of amides is 1. The topological polar surface area (TPSA) is 81.3 Å². The number of cyclic esters (lactones) is 1. The standard InChI is InChI=1S/C9H12N4O2/c1-6-11-3-7(4-12-6)13-5-8(2-10)15-9(13)14/h3-4,8H,2,5,10H2,1H3. The van der Waals surface area contributed by atoms with Crippen molar-refractivity contribution in [1.29, 1.82) is 0 Å². The highest BCUT2D eigenvalue weighted by atomic mass is 16.6. The molecule has 80 valence electrons. The molecule has 1 unspecified atom stereocenters. The Labute approximate surface area is 87.1 Å². The first kappa shape index (κ1) is 9.85. The Balaban J connectivity index is 2.18. The van der Waals surface area contributed by atoms with E-state index in [2.05, 4.69) is 9.97 Å². The maximum Gasteiger partial charge on any atom is 0.414 e. The van der Waals surface area contributed by atoms with Crippen LogP contribution in [-0.4, -0.2) is 35.3 Å². The third-order valence-electron chi connectivity index (χ3n) is 2.22. The molecule has 1 atom stereocenters. The molecule has 0 bridgehead atoms. The molecule has 1 aromatic rings. The van der Waals surface area contributed by atoms with Crippen molar-refractivity contribution >= 4 is 11.8 Å². The number of carbonyl (C=O) groups is 1. The van der Waals surface area contributed by atoms with E-state index in [4.69, 9.17) is 10.5 Å². The normalized spacial score (nSPS) is 20.5. The van der Waals surface area contributed by atoms with Gasteiger partial charge in [-0.1, -0.05) is 0 Å². The predicted molar refractivity (Wildman–Crippen MR) is 53.4 cm³/mol. The van der Waals surface area contributed by atoms with E-state index in [0.29, 0.717) is 24.6 Å². The molecule has 6 nitrogen and oxygen atoms in total. The molecule has 0 spiro atoms. The molecule has 0 radical (unpaired) electrons. The lowest BCUT2D eigenvalue weighted by atomic mass is 10.3. The number of hydrogen-bond donors (Lipinski definition) is 1. The minimum atomic E-state index is -0.391. The van der Waals surface area contributed by atoms with Gasteiger partial charge in [-0.2, -0.15) is 0 Å². The van der Waals surface area contributed by atoms with Gasteiger partial charge in [0.2, 0.25) is 0 Å². The number of ether oxygens (including phenoxy) is 1. The molecular weight excluding hydrogens is 196 g/mol. The average molecular weight is 208 g/mol. The first-order valence-corrected chi connectivity index (χ1v) is 4.67. The second kappa shape index (κ2) is 3.82. The Bertz CT molecular complexity index is 365. The van der Waals surface area contributed by atoms with Crippen molar-refractivity contribution in [2.45, 2.75) is 13.0 Å². The van der Waals surface area contributed by atoms with Gasteiger partial charge in [0.15, 0.2) is 0 Å². The largest absolute Gasteiger partial charge is 0.443 e. The summed E-state index contributed by atoms with van der Waals surface area (Å²) in [6.07, 6.45) is 2.57. The number of aromatic nitrogens is 2. The average Bonchev–Trinajstić information content (AvgIpc) is 2.61. The van der Waals surface area contributed by atoms with Gasteiger partial charge < -0.3 is 10.5 Å². The van der Waals surface area contributed by atoms with Crippen LogP contribution in [0.2, 0.25) is 0 Å². The maximum atomic E-state index is 11.4. The number of rotatable bonds is 2. The summed E-state index contributed by atoms with van der Waals surface area (Å²) in [5.74, 6) is 0.668. The van der Waals surface area contributed by atoms with E-state index in [0.717, 1.165) is 0 Å². The number of nitrogens with zero attached hydrogens (tertiary/aromatic N) is 3. The minimum Gasteiger partial charge on any atom is -0.443 e. The van der Waals surface area contributed by atoms with Crippen LogP contribution in [0.25, 0.3) is 0 Å². The van der Waals surface area contributed by atoms with Crippen molar-refractivity contribution < 1.29 is 9.53 Å². The predicted octanol–water partition coefficient (Wildman–Crippen LogP) is 0.0689. The summed E-state index contributed by atoms with van der Waals surface area (Å²) < 4.78 is 5.01. The Morgan fingerprint density at radius 3 is 2.80 bits per heavy atom. The van der Waals surface area contributed by atoms with Crippen molar-refractivity contribution in [3.05, 3.63) is 18.2 Å². The van der Waals surface area contributed by atoms with Gasteiger partial charge in [-0.05, 0) is 6.92 Å². The maximum absolute atomic E-state index is 11.4. The van der Waals surface area contributed by atoms with Gasteiger partial charge >= 0.3 is 6.09 Å².